The molecule has 126 valence electrons. The van der Waals surface area contributed by atoms with Crippen LogP contribution in [0.4, 0.5) is 18.9 Å². The van der Waals surface area contributed by atoms with E-state index in [1.165, 1.54) is 6.07 Å². The van der Waals surface area contributed by atoms with Gasteiger partial charge in [-0.2, -0.15) is 18.3 Å². The van der Waals surface area contributed by atoms with Crippen LogP contribution in [0.15, 0.2) is 29.4 Å². The van der Waals surface area contributed by atoms with Crippen LogP contribution >= 0.6 is 0 Å². The molecule has 0 bridgehead atoms. The standard InChI is InChI=1S/C14H10F3N3O4/c1-24-13(23)10-8-9(18-19-10)12(22)20(11(8)21)7-4-2-3-6(5-7)14(15,16)17/h2-5,8-9,18H,1H3/t8-,9-/m0/s1. The van der Waals surface area contributed by atoms with Gasteiger partial charge in [-0.05, 0) is 18.2 Å². The first-order chi connectivity index (χ1) is 11.3. The van der Waals surface area contributed by atoms with Crippen molar-refractivity contribution in [2.45, 2.75) is 12.2 Å². The molecule has 0 saturated carbocycles. The summed E-state index contributed by atoms with van der Waals surface area (Å²) < 4.78 is 42.9. The predicted octanol–water partition coefficient (Wildman–Crippen LogP) is 0.696. The Morgan fingerprint density at radius 2 is 2.00 bits per heavy atom. The van der Waals surface area contributed by atoms with Gasteiger partial charge in [0, 0.05) is 0 Å². The van der Waals surface area contributed by atoms with Crippen molar-refractivity contribution in [1.29, 1.82) is 0 Å². The first-order valence-corrected chi connectivity index (χ1v) is 6.72. The predicted molar refractivity (Wildman–Crippen MR) is 73.8 cm³/mol. The van der Waals surface area contributed by atoms with E-state index in [0.717, 1.165) is 19.2 Å². The number of hydrogen-bond acceptors (Lipinski definition) is 6. The lowest BCUT2D eigenvalue weighted by Gasteiger charge is -2.17. The van der Waals surface area contributed by atoms with Crippen LogP contribution in [0.5, 0.6) is 0 Å². The summed E-state index contributed by atoms with van der Waals surface area (Å²) in [5.74, 6) is -3.73. The Morgan fingerprint density at radius 3 is 2.62 bits per heavy atom. The molecule has 10 heteroatoms. The Kier molecular flexibility index (Phi) is 3.54. The summed E-state index contributed by atoms with van der Waals surface area (Å²) in [5, 5.41) is 3.62. The van der Waals surface area contributed by atoms with Crippen molar-refractivity contribution in [3.05, 3.63) is 29.8 Å². The van der Waals surface area contributed by atoms with Crippen LogP contribution in [0.25, 0.3) is 0 Å². The lowest BCUT2D eigenvalue weighted by molar-refractivity contribution is -0.137. The maximum absolute atomic E-state index is 12.8. The van der Waals surface area contributed by atoms with Crippen molar-refractivity contribution < 1.29 is 32.3 Å². The van der Waals surface area contributed by atoms with E-state index < -0.39 is 41.5 Å². The lowest BCUT2D eigenvalue weighted by Crippen LogP contribution is -2.36. The van der Waals surface area contributed by atoms with E-state index in [0.29, 0.717) is 11.0 Å². The number of nitrogens with zero attached hydrogens (tertiary/aromatic N) is 2. The molecule has 1 N–H and O–H groups in total. The molecule has 0 aliphatic carbocycles. The van der Waals surface area contributed by atoms with Gasteiger partial charge in [0.15, 0.2) is 5.71 Å². The number of rotatable bonds is 2. The number of methoxy groups -OCH3 is 1. The van der Waals surface area contributed by atoms with E-state index in [2.05, 4.69) is 15.3 Å². The summed E-state index contributed by atoms with van der Waals surface area (Å²) in [7, 11) is 1.09. The van der Waals surface area contributed by atoms with E-state index >= 15 is 0 Å². The largest absolute Gasteiger partial charge is 0.464 e. The maximum atomic E-state index is 12.8. The fraction of sp³-hybridized carbons (Fsp3) is 0.286. The number of esters is 1. The van der Waals surface area contributed by atoms with E-state index in [9.17, 15) is 27.6 Å². The van der Waals surface area contributed by atoms with Gasteiger partial charge >= 0.3 is 12.1 Å². The molecule has 3 rings (SSSR count). The van der Waals surface area contributed by atoms with Crippen molar-refractivity contribution in [2.75, 3.05) is 12.0 Å². The van der Waals surface area contributed by atoms with Crippen LogP contribution in [-0.2, 0) is 25.3 Å². The molecule has 7 nitrogen and oxygen atoms in total. The number of fused-ring (bicyclic) bond motifs is 1. The fourth-order valence-electron chi connectivity index (χ4n) is 2.64. The van der Waals surface area contributed by atoms with E-state index in [-0.39, 0.29) is 11.4 Å². The van der Waals surface area contributed by atoms with E-state index in [1.807, 2.05) is 0 Å². The monoisotopic (exact) mass is 341 g/mol. The van der Waals surface area contributed by atoms with Crippen LogP contribution in [0.3, 0.4) is 0 Å². The molecule has 2 heterocycles. The van der Waals surface area contributed by atoms with Gasteiger partial charge in [-0.3, -0.25) is 15.0 Å². The van der Waals surface area contributed by atoms with Crippen LogP contribution < -0.4 is 10.3 Å². The highest BCUT2D eigenvalue weighted by molar-refractivity contribution is 6.46. The average molecular weight is 341 g/mol. The molecule has 2 amide bonds. The summed E-state index contributed by atoms with van der Waals surface area (Å²) in [4.78, 5) is 37.1. The molecule has 1 aromatic rings. The average Bonchev–Trinajstić information content (AvgIpc) is 3.07. The first-order valence-electron chi connectivity index (χ1n) is 6.72. The molecule has 24 heavy (non-hydrogen) atoms. The van der Waals surface area contributed by atoms with Crippen molar-refractivity contribution in [1.82, 2.24) is 5.43 Å². The normalized spacial score (nSPS) is 23.0. The maximum Gasteiger partial charge on any atom is 0.416 e. The van der Waals surface area contributed by atoms with Gasteiger partial charge < -0.3 is 4.74 Å². The zero-order valence-electron chi connectivity index (χ0n) is 12.1. The Hall–Kier alpha value is -2.91. The third-order valence-electron chi connectivity index (χ3n) is 3.75. The molecular weight excluding hydrogens is 331 g/mol. The smallest absolute Gasteiger partial charge is 0.416 e. The second kappa shape index (κ2) is 5.32. The number of carbonyl (C=O) groups excluding carboxylic acids is 3. The highest BCUT2D eigenvalue weighted by Gasteiger charge is 2.55. The number of amides is 2. The zero-order valence-corrected chi connectivity index (χ0v) is 12.1. The van der Waals surface area contributed by atoms with Gasteiger partial charge in [0.25, 0.3) is 5.91 Å². The second-order valence-electron chi connectivity index (χ2n) is 5.13. The molecule has 0 spiro atoms. The summed E-state index contributed by atoms with van der Waals surface area (Å²) in [6.07, 6.45) is -4.62. The van der Waals surface area contributed by atoms with Gasteiger partial charge in [-0.25, -0.2) is 9.69 Å². The summed E-state index contributed by atoms with van der Waals surface area (Å²) in [5.41, 5.74) is 0.864. The lowest BCUT2D eigenvalue weighted by atomic mass is 9.99. The zero-order chi connectivity index (χ0) is 17.6. The minimum absolute atomic E-state index is 0.222. The molecular formula is C14H10F3N3O4. The minimum Gasteiger partial charge on any atom is -0.464 e. The molecule has 1 saturated heterocycles. The minimum atomic E-state index is -4.62. The first kappa shape index (κ1) is 16.0. The highest BCUT2D eigenvalue weighted by atomic mass is 19.4. The number of ether oxygens (including phenoxy) is 1. The number of anilines is 1. The molecule has 0 unspecified atom stereocenters. The molecule has 2 atom stereocenters. The quantitative estimate of drug-likeness (QED) is 0.632. The molecule has 0 aromatic heterocycles. The number of halogens is 3. The number of hydrogen-bond donors (Lipinski definition) is 1. The molecule has 0 radical (unpaired) electrons. The number of carbonyl (C=O) groups is 3. The van der Waals surface area contributed by atoms with Crippen LogP contribution in [0, 0.1) is 5.92 Å². The number of nitrogens with one attached hydrogen (secondary N) is 1. The van der Waals surface area contributed by atoms with Gasteiger partial charge in [0.05, 0.1) is 18.4 Å². The van der Waals surface area contributed by atoms with Crippen molar-refractivity contribution in [2.24, 2.45) is 11.0 Å². The van der Waals surface area contributed by atoms with Crippen molar-refractivity contribution >= 4 is 29.2 Å². The summed E-state index contributed by atoms with van der Waals surface area (Å²) in [6.45, 7) is 0. The SMILES string of the molecule is COC(=O)C1=NN[C@@H]2C(=O)N(c3cccc(C(F)(F)F)c3)C(=O)[C@H]12. The molecule has 2 aliphatic heterocycles. The number of hydrazone groups is 1. The van der Waals surface area contributed by atoms with Crippen LogP contribution in [-0.4, -0.2) is 36.6 Å². The Labute approximate surface area is 133 Å². The van der Waals surface area contributed by atoms with Gasteiger partial charge in [-0.1, -0.05) is 6.07 Å². The Morgan fingerprint density at radius 1 is 1.29 bits per heavy atom. The molecule has 1 aromatic carbocycles. The van der Waals surface area contributed by atoms with Crippen LogP contribution in [0.2, 0.25) is 0 Å². The highest BCUT2D eigenvalue weighted by Crippen LogP contribution is 2.35. The third-order valence-corrected chi connectivity index (χ3v) is 3.75. The van der Waals surface area contributed by atoms with Gasteiger partial charge in [-0.15, -0.1) is 0 Å². The number of alkyl halides is 3. The topological polar surface area (TPSA) is 88.1 Å². The Bertz CT molecular complexity index is 775. The fourth-order valence-corrected chi connectivity index (χ4v) is 2.64. The van der Waals surface area contributed by atoms with Crippen LogP contribution in [0.1, 0.15) is 5.56 Å². The van der Waals surface area contributed by atoms with Crippen molar-refractivity contribution in [3.63, 3.8) is 0 Å². The number of benzene rings is 1. The van der Waals surface area contributed by atoms with Crippen molar-refractivity contribution in [3.8, 4) is 0 Å². The second-order valence-corrected chi connectivity index (χ2v) is 5.13. The van der Waals surface area contributed by atoms with E-state index in [1.54, 1.807) is 0 Å². The van der Waals surface area contributed by atoms with Gasteiger partial charge in [0.1, 0.15) is 12.0 Å². The molecule has 2 aliphatic rings. The van der Waals surface area contributed by atoms with E-state index in [4.69, 9.17) is 0 Å². The van der Waals surface area contributed by atoms with Gasteiger partial charge in [0.2, 0.25) is 5.91 Å². The summed E-state index contributed by atoms with van der Waals surface area (Å²) >= 11 is 0. The Balaban J connectivity index is 1.97. The number of imide groups is 1. The third kappa shape index (κ3) is 2.30. The summed E-state index contributed by atoms with van der Waals surface area (Å²) in [6, 6.07) is 2.69. The molecule has 1 fully saturated rings.